The number of carbonyl (C=O) groups excluding carboxylic acids is 1. The lowest BCUT2D eigenvalue weighted by Crippen LogP contribution is -2.97. The molecule has 7 nitrogen and oxygen atoms in total. The maximum atomic E-state index is 16.3. The molecule has 4 aliphatic carbocycles. The molecule has 240 valence electrons. The van der Waals surface area contributed by atoms with Gasteiger partial charge >= 0.3 is 0 Å². The van der Waals surface area contributed by atoms with E-state index in [9.17, 15) is 9.18 Å². The first-order valence-corrected chi connectivity index (χ1v) is 17.0. The fourth-order valence-corrected chi connectivity index (χ4v) is 11.5. The number of aryl methyl sites for hydroxylation is 1. The Labute approximate surface area is 274 Å². The van der Waals surface area contributed by atoms with Gasteiger partial charge in [-0.3, -0.25) is 14.5 Å². The van der Waals surface area contributed by atoms with E-state index in [4.69, 9.17) is 14.5 Å². The van der Waals surface area contributed by atoms with Crippen molar-refractivity contribution in [1.29, 1.82) is 0 Å². The number of amides is 1. The average Bonchev–Trinajstić information content (AvgIpc) is 3.69. The van der Waals surface area contributed by atoms with E-state index in [1.54, 1.807) is 18.4 Å². The van der Waals surface area contributed by atoms with Gasteiger partial charge in [0.15, 0.2) is 0 Å². The van der Waals surface area contributed by atoms with Gasteiger partial charge in [0.2, 0.25) is 5.91 Å². The Balaban J connectivity index is 1.26. The lowest BCUT2D eigenvalue weighted by molar-refractivity contribution is -0.470. The molecule has 1 amide bonds. The quantitative estimate of drug-likeness (QED) is 0.131. The van der Waals surface area contributed by atoms with Crippen LogP contribution < -0.4 is 10.1 Å². The summed E-state index contributed by atoms with van der Waals surface area (Å²) in [5.41, 5.74) is 4.55. The smallest absolute Gasteiger partial charge is 0.243 e. The van der Waals surface area contributed by atoms with Crippen LogP contribution >= 0.6 is 11.3 Å². The number of aromatic nitrogens is 3. The Kier molecular flexibility index (Phi) is 6.13. The summed E-state index contributed by atoms with van der Waals surface area (Å²) in [6.07, 6.45) is 4.18. The number of thiophene rings is 1. The van der Waals surface area contributed by atoms with E-state index in [-0.39, 0.29) is 47.2 Å². The van der Waals surface area contributed by atoms with Crippen LogP contribution in [-0.4, -0.2) is 47.5 Å². The minimum atomic E-state index is -0.694. The van der Waals surface area contributed by atoms with Crippen molar-refractivity contribution in [2.24, 2.45) is 42.1 Å². The van der Waals surface area contributed by atoms with Gasteiger partial charge in [-0.05, 0) is 71.1 Å². The van der Waals surface area contributed by atoms with E-state index in [1.165, 1.54) is 12.1 Å². The average molecular weight is 653 g/mol. The number of rotatable bonds is 10. The predicted octanol–water partition coefficient (Wildman–Crippen LogP) is 6.89. The molecule has 0 saturated heterocycles. The molecule has 9 rings (SSSR count). The van der Waals surface area contributed by atoms with E-state index < -0.39 is 11.6 Å². The molecule has 4 aliphatic rings. The van der Waals surface area contributed by atoms with Gasteiger partial charge in [-0.1, -0.05) is 19.6 Å². The highest BCUT2D eigenvalue weighted by Gasteiger charge is 2.95. The van der Waals surface area contributed by atoms with E-state index in [0.717, 1.165) is 50.4 Å². The Morgan fingerprint density at radius 2 is 2.02 bits per heavy atom. The number of fused-ring (bicyclic) bond motifs is 4. The number of nitrogens with zero attached hydrogens (tertiary/aromatic N) is 3. The van der Waals surface area contributed by atoms with Gasteiger partial charge in [0.25, 0.3) is 0 Å². The molecular weight excluding hydrogens is 618 g/mol. The highest BCUT2D eigenvalue weighted by atomic mass is 32.1. The van der Waals surface area contributed by atoms with E-state index in [2.05, 4.69) is 42.1 Å². The number of pyridine rings is 1. The minimum absolute atomic E-state index is 0.103. The van der Waals surface area contributed by atoms with Crippen LogP contribution in [0, 0.1) is 46.6 Å². The summed E-state index contributed by atoms with van der Waals surface area (Å²) in [6.45, 7) is 7.02. The highest BCUT2D eigenvalue weighted by Crippen LogP contribution is 2.96. The topological polar surface area (TPSA) is 78.3 Å². The Bertz CT molecular complexity index is 2140. The molecule has 47 heavy (non-hydrogen) atoms. The summed E-state index contributed by atoms with van der Waals surface area (Å²) in [5.74, 6) is 0.632. The van der Waals surface area contributed by atoms with Crippen molar-refractivity contribution in [3.8, 4) is 28.1 Å². The Morgan fingerprint density at radius 1 is 1.17 bits per heavy atom. The van der Waals surface area contributed by atoms with Gasteiger partial charge in [-0.2, -0.15) is 5.10 Å². The summed E-state index contributed by atoms with van der Waals surface area (Å²) in [7, 11) is 3.49. The van der Waals surface area contributed by atoms with Crippen LogP contribution in [0.5, 0.6) is 5.75 Å². The molecule has 4 fully saturated rings. The van der Waals surface area contributed by atoms with Crippen LogP contribution in [-0.2, 0) is 22.0 Å². The molecule has 7 unspecified atom stereocenters. The number of hydrogen-bond donors (Lipinski definition) is 1. The minimum Gasteiger partial charge on any atom is -0.490 e. The number of carbonyl (C=O) groups is 1. The summed E-state index contributed by atoms with van der Waals surface area (Å²) >= 11 is 1.55. The van der Waals surface area contributed by atoms with Crippen LogP contribution in [0.1, 0.15) is 19.0 Å². The van der Waals surface area contributed by atoms with Crippen molar-refractivity contribution in [2.75, 3.05) is 26.9 Å². The third kappa shape index (κ3) is 3.50. The first-order valence-electron chi connectivity index (χ1n) is 16.1. The molecule has 1 N–H and O–H groups in total. The lowest BCUT2D eigenvalue weighted by Gasteiger charge is -2.97. The highest BCUT2D eigenvalue weighted by molar-refractivity contribution is 7.17. The zero-order chi connectivity index (χ0) is 32.4. The van der Waals surface area contributed by atoms with Gasteiger partial charge in [0.1, 0.15) is 24.0 Å². The number of ether oxygens (including phenoxy) is 2. The number of hydrogen-bond acceptors (Lipinski definition) is 6. The molecule has 5 aromatic rings. The lowest BCUT2D eigenvalue weighted by atomic mass is 9.06. The van der Waals surface area contributed by atoms with Crippen molar-refractivity contribution >= 4 is 38.2 Å². The second kappa shape index (κ2) is 9.93. The fraction of sp³-hybridized carbons (Fsp3) is 0.378. The largest absolute Gasteiger partial charge is 0.490 e. The van der Waals surface area contributed by atoms with Crippen molar-refractivity contribution in [2.45, 2.75) is 18.8 Å². The summed E-state index contributed by atoms with van der Waals surface area (Å²) in [4.78, 5) is 17.7. The fourth-order valence-electron chi connectivity index (χ4n) is 10.6. The van der Waals surface area contributed by atoms with E-state index >= 15 is 4.39 Å². The molecule has 0 bridgehead atoms. The van der Waals surface area contributed by atoms with Crippen LogP contribution in [0.2, 0.25) is 0 Å². The molecule has 0 spiro atoms. The van der Waals surface area contributed by atoms with Crippen molar-refractivity contribution in [3.63, 3.8) is 0 Å². The molecule has 0 aliphatic heterocycles. The van der Waals surface area contributed by atoms with E-state index in [0.29, 0.717) is 35.8 Å². The molecular formula is C37H34F2N4O3S. The van der Waals surface area contributed by atoms with Gasteiger partial charge in [0.05, 0.1) is 35.3 Å². The third-order valence-electron chi connectivity index (χ3n) is 12.2. The summed E-state index contributed by atoms with van der Waals surface area (Å²) < 4.78 is 45.0. The third-order valence-corrected chi connectivity index (χ3v) is 13.2. The molecule has 4 saturated carbocycles. The number of halogens is 2. The van der Waals surface area contributed by atoms with Crippen molar-refractivity contribution < 1.29 is 23.0 Å². The first kappa shape index (κ1) is 29.0. The molecule has 3 heterocycles. The molecule has 10 heteroatoms. The normalized spacial score (nSPS) is 29.3. The Morgan fingerprint density at radius 3 is 2.77 bits per heavy atom. The molecule has 7 atom stereocenters. The summed E-state index contributed by atoms with van der Waals surface area (Å²) in [6, 6.07) is 10.5. The van der Waals surface area contributed by atoms with Crippen LogP contribution in [0.4, 0.5) is 8.78 Å². The zero-order valence-corrected chi connectivity index (χ0v) is 27.2. The maximum absolute atomic E-state index is 16.3. The van der Waals surface area contributed by atoms with Crippen LogP contribution in [0.3, 0.4) is 0 Å². The predicted molar refractivity (Wildman–Crippen MR) is 177 cm³/mol. The van der Waals surface area contributed by atoms with Gasteiger partial charge in [-0.15, -0.1) is 11.3 Å². The summed E-state index contributed by atoms with van der Waals surface area (Å²) in [5, 5.41) is 11.5. The monoisotopic (exact) mass is 652 g/mol. The molecule has 3 aromatic heterocycles. The first-order chi connectivity index (χ1) is 22.8. The van der Waals surface area contributed by atoms with E-state index in [1.807, 2.05) is 29.4 Å². The zero-order valence-electron chi connectivity index (χ0n) is 26.3. The molecule has 0 radical (unpaired) electrons. The van der Waals surface area contributed by atoms with Crippen molar-refractivity contribution in [3.05, 3.63) is 78.0 Å². The van der Waals surface area contributed by atoms with Gasteiger partial charge in [-0.25, -0.2) is 8.78 Å². The molecule has 2 aromatic carbocycles. The standard InChI is InChI=1S/C37H34F2N4O3S/c1-5-27(44)40-17-36-15-23-31(36)32-30(36)18(2)37(23,32)35-29(28-24(39)13-21(38)14-26(28)46-10-9-45-4)34-22(8-11-47-34)33(42-35)19-6-7-25-20(12-19)16-41-43(25)3/h5-8,11-14,16,18,23,30-32H,1,9-10,15,17H2,2-4H3,(H,40,44). The van der Waals surface area contributed by atoms with Gasteiger partial charge in [0, 0.05) is 64.8 Å². The second-order valence-corrected chi connectivity index (χ2v) is 14.7. The van der Waals surface area contributed by atoms with Crippen LogP contribution in [0.25, 0.3) is 43.4 Å². The SMILES string of the molecule is C=CC(=O)NCC12CC3C1C1C2C(C)C31c1nc(-c2ccc3c(cnn3C)c2)c2ccsc2c1-c1c(F)cc(F)cc1OCCOC. The maximum Gasteiger partial charge on any atom is 0.243 e. The van der Waals surface area contributed by atoms with Crippen molar-refractivity contribution in [1.82, 2.24) is 20.1 Å². The van der Waals surface area contributed by atoms with Gasteiger partial charge < -0.3 is 14.8 Å². The second-order valence-electron chi connectivity index (χ2n) is 13.8. The number of benzene rings is 2. The van der Waals surface area contributed by atoms with Crippen LogP contribution in [0.15, 0.2) is 60.6 Å². The number of methoxy groups -OCH3 is 1. The number of nitrogens with one attached hydrogen (secondary N) is 1. The Hall–Kier alpha value is -4.15.